The van der Waals surface area contributed by atoms with E-state index >= 15 is 0 Å². The third kappa shape index (κ3) is 4.71. The van der Waals surface area contributed by atoms with Crippen molar-refractivity contribution in [2.45, 2.75) is 23.0 Å². The molecule has 0 bridgehead atoms. The summed E-state index contributed by atoms with van der Waals surface area (Å²) >= 11 is 2.80. The number of thioether (sulfide) groups is 2. The van der Waals surface area contributed by atoms with E-state index in [1.165, 1.54) is 23.5 Å². The van der Waals surface area contributed by atoms with Gasteiger partial charge in [-0.05, 0) is 13.0 Å². The molecule has 2 aromatic rings. The SMILES string of the molecule is CCOC(=O)CSc1nnc(CSc2ncccn2)n1C. The smallest absolute Gasteiger partial charge is 0.316 e. The third-order valence-corrected chi connectivity index (χ3v) is 4.29. The quantitative estimate of drug-likeness (QED) is 0.431. The molecule has 0 atom stereocenters. The van der Waals surface area contributed by atoms with Crippen molar-refractivity contribution in [3.05, 3.63) is 24.3 Å². The van der Waals surface area contributed by atoms with Crippen LogP contribution in [0.25, 0.3) is 0 Å². The highest BCUT2D eigenvalue weighted by Crippen LogP contribution is 2.21. The summed E-state index contributed by atoms with van der Waals surface area (Å²) in [6, 6.07) is 1.77. The molecule has 112 valence electrons. The highest BCUT2D eigenvalue weighted by Gasteiger charge is 2.12. The van der Waals surface area contributed by atoms with Crippen LogP contribution in [-0.4, -0.2) is 43.1 Å². The van der Waals surface area contributed by atoms with Crippen molar-refractivity contribution < 1.29 is 9.53 Å². The Labute approximate surface area is 130 Å². The standard InChI is InChI=1S/C12H15N5O2S2/c1-3-19-10(18)8-21-12-16-15-9(17(12)2)7-20-11-13-5-4-6-14-11/h4-6H,3,7-8H2,1-2H3. The van der Waals surface area contributed by atoms with Crippen LogP contribution < -0.4 is 0 Å². The van der Waals surface area contributed by atoms with Crippen LogP contribution in [0.15, 0.2) is 28.8 Å². The largest absolute Gasteiger partial charge is 0.465 e. The van der Waals surface area contributed by atoms with Crippen molar-refractivity contribution in [3.8, 4) is 0 Å². The van der Waals surface area contributed by atoms with Crippen LogP contribution in [0, 0.1) is 0 Å². The molecule has 0 spiro atoms. The number of hydrogen-bond acceptors (Lipinski definition) is 8. The maximum Gasteiger partial charge on any atom is 0.316 e. The summed E-state index contributed by atoms with van der Waals surface area (Å²) in [5.74, 6) is 1.40. The normalized spacial score (nSPS) is 10.6. The van der Waals surface area contributed by atoms with Gasteiger partial charge in [-0.15, -0.1) is 10.2 Å². The second-order valence-corrected chi connectivity index (χ2v) is 5.76. The van der Waals surface area contributed by atoms with Gasteiger partial charge in [0.05, 0.1) is 18.1 Å². The first-order chi connectivity index (χ1) is 10.2. The molecule has 0 aliphatic heterocycles. The Morgan fingerprint density at radius 2 is 2.05 bits per heavy atom. The average molecular weight is 325 g/mol. The molecule has 0 fully saturated rings. The van der Waals surface area contributed by atoms with E-state index in [0.717, 1.165) is 5.82 Å². The van der Waals surface area contributed by atoms with Crippen molar-refractivity contribution in [2.75, 3.05) is 12.4 Å². The first-order valence-corrected chi connectivity index (χ1v) is 8.24. The lowest BCUT2D eigenvalue weighted by Gasteiger charge is -2.03. The molecule has 0 amide bonds. The molecule has 0 N–H and O–H groups in total. The molecule has 0 radical (unpaired) electrons. The fourth-order valence-electron chi connectivity index (χ4n) is 1.41. The molecule has 0 aromatic carbocycles. The van der Waals surface area contributed by atoms with Gasteiger partial charge in [-0.25, -0.2) is 9.97 Å². The number of carbonyl (C=O) groups is 1. The number of hydrogen-bond donors (Lipinski definition) is 0. The molecule has 0 aliphatic rings. The van der Waals surface area contributed by atoms with Gasteiger partial charge in [0, 0.05) is 19.4 Å². The molecular weight excluding hydrogens is 310 g/mol. The Bertz CT molecular complexity index is 591. The van der Waals surface area contributed by atoms with Gasteiger partial charge < -0.3 is 9.30 Å². The topological polar surface area (TPSA) is 82.8 Å². The summed E-state index contributed by atoms with van der Waals surface area (Å²) in [7, 11) is 1.87. The molecule has 0 aliphatic carbocycles. The first-order valence-electron chi connectivity index (χ1n) is 6.27. The van der Waals surface area contributed by atoms with Crippen LogP contribution in [0.5, 0.6) is 0 Å². The van der Waals surface area contributed by atoms with Crippen LogP contribution in [-0.2, 0) is 22.3 Å². The number of nitrogens with zero attached hydrogens (tertiary/aromatic N) is 5. The zero-order valence-electron chi connectivity index (χ0n) is 11.7. The molecule has 0 unspecified atom stereocenters. The van der Waals surface area contributed by atoms with Gasteiger partial charge in [-0.1, -0.05) is 23.5 Å². The van der Waals surface area contributed by atoms with Gasteiger partial charge in [0.1, 0.15) is 5.82 Å². The molecule has 2 aromatic heterocycles. The second-order valence-electron chi connectivity index (χ2n) is 3.87. The van der Waals surface area contributed by atoms with Crippen molar-refractivity contribution in [2.24, 2.45) is 7.05 Å². The van der Waals surface area contributed by atoms with Gasteiger partial charge in [-0.3, -0.25) is 4.79 Å². The number of ether oxygens (including phenoxy) is 1. The zero-order chi connectivity index (χ0) is 15.1. The third-order valence-electron chi connectivity index (χ3n) is 2.42. The Kier molecular flexibility index (Phi) is 6.00. The number of rotatable bonds is 7. The predicted molar refractivity (Wildman–Crippen MR) is 80.0 cm³/mol. The second kappa shape index (κ2) is 7.99. The monoisotopic (exact) mass is 325 g/mol. The molecule has 7 nitrogen and oxygen atoms in total. The van der Waals surface area contributed by atoms with Gasteiger partial charge in [-0.2, -0.15) is 0 Å². The Morgan fingerprint density at radius 3 is 2.76 bits per heavy atom. The fourth-order valence-corrected chi connectivity index (χ4v) is 2.92. The average Bonchev–Trinajstić information content (AvgIpc) is 2.85. The minimum Gasteiger partial charge on any atom is -0.465 e. The molecule has 0 saturated heterocycles. The summed E-state index contributed by atoms with van der Waals surface area (Å²) in [5, 5.41) is 9.58. The zero-order valence-corrected chi connectivity index (χ0v) is 13.4. The van der Waals surface area contributed by atoms with Gasteiger partial charge in [0.15, 0.2) is 10.3 Å². The molecule has 2 rings (SSSR count). The summed E-state index contributed by atoms with van der Waals surface area (Å²) < 4.78 is 6.74. The maximum atomic E-state index is 11.3. The van der Waals surface area contributed by atoms with E-state index in [0.29, 0.717) is 22.7 Å². The minimum absolute atomic E-state index is 0.231. The maximum absolute atomic E-state index is 11.3. The van der Waals surface area contributed by atoms with Gasteiger partial charge in [0.25, 0.3) is 0 Å². The molecule has 9 heteroatoms. The molecular formula is C12H15N5O2S2. The highest BCUT2D eigenvalue weighted by atomic mass is 32.2. The predicted octanol–water partition coefficient (Wildman–Crippen LogP) is 1.55. The van der Waals surface area contributed by atoms with Crippen LogP contribution in [0.4, 0.5) is 0 Å². The van der Waals surface area contributed by atoms with Crippen molar-refractivity contribution in [1.82, 2.24) is 24.7 Å². The lowest BCUT2D eigenvalue weighted by atomic mass is 10.7. The van der Waals surface area contributed by atoms with E-state index in [2.05, 4.69) is 20.2 Å². The van der Waals surface area contributed by atoms with E-state index in [-0.39, 0.29) is 11.7 Å². The van der Waals surface area contributed by atoms with Gasteiger partial charge >= 0.3 is 5.97 Å². The van der Waals surface area contributed by atoms with Crippen LogP contribution >= 0.6 is 23.5 Å². The number of carbonyl (C=O) groups excluding carboxylic acids is 1. The van der Waals surface area contributed by atoms with E-state index < -0.39 is 0 Å². The minimum atomic E-state index is -0.251. The Hall–Kier alpha value is -1.61. The lowest BCUT2D eigenvalue weighted by Crippen LogP contribution is -2.07. The van der Waals surface area contributed by atoms with E-state index in [9.17, 15) is 4.79 Å². The molecule has 0 saturated carbocycles. The molecule has 21 heavy (non-hydrogen) atoms. The summed E-state index contributed by atoms with van der Waals surface area (Å²) in [4.78, 5) is 19.6. The Balaban J connectivity index is 1.89. The van der Waals surface area contributed by atoms with Crippen LogP contribution in [0.3, 0.4) is 0 Å². The summed E-state index contributed by atoms with van der Waals surface area (Å²) in [5.41, 5.74) is 0. The summed E-state index contributed by atoms with van der Waals surface area (Å²) in [6.45, 7) is 2.17. The van der Waals surface area contributed by atoms with Crippen LogP contribution in [0.2, 0.25) is 0 Å². The van der Waals surface area contributed by atoms with Crippen molar-refractivity contribution in [3.63, 3.8) is 0 Å². The van der Waals surface area contributed by atoms with E-state index in [4.69, 9.17) is 4.74 Å². The molecule has 2 heterocycles. The first kappa shape index (κ1) is 15.8. The lowest BCUT2D eigenvalue weighted by molar-refractivity contribution is -0.139. The number of aromatic nitrogens is 5. The van der Waals surface area contributed by atoms with Crippen molar-refractivity contribution >= 4 is 29.5 Å². The Morgan fingerprint density at radius 1 is 1.29 bits per heavy atom. The van der Waals surface area contributed by atoms with Crippen LogP contribution in [0.1, 0.15) is 12.7 Å². The van der Waals surface area contributed by atoms with E-state index in [1.807, 2.05) is 11.6 Å². The highest BCUT2D eigenvalue weighted by molar-refractivity contribution is 7.99. The van der Waals surface area contributed by atoms with Crippen molar-refractivity contribution in [1.29, 1.82) is 0 Å². The fraction of sp³-hybridized carbons (Fsp3) is 0.417. The van der Waals surface area contributed by atoms with Gasteiger partial charge in [0.2, 0.25) is 0 Å². The number of esters is 1. The summed E-state index contributed by atoms with van der Waals surface area (Å²) in [6.07, 6.45) is 3.40. The van der Waals surface area contributed by atoms with E-state index in [1.54, 1.807) is 25.4 Å².